The van der Waals surface area contributed by atoms with Gasteiger partial charge in [0.15, 0.2) is 0 Å². The van der Waals surface area contributed by atoms with Crippen molar-refractivity contribution >= 4 is 22.5 Å². The minimum atomic E-state index is 1.11. The number of allylic oxidation sites excluding steroid dienone is 1. The lowest BCUT2D eigenvalue weighted by molar-refractivity contribution is 0.974. The first kappa shape index (κ1) is 11.3. The van der Waals surface area contributed by atoms with Crippen LogP contribution >= 0.6 is 11.8 Å². The summed E-state index contributed by atoms with van der Waals surface area (Å²) in [4.78, 5) is 1.39. The number of fused-ring (bicyclic) bond motifs is 1. The van der Waals surface area contributed by atoms with Crippen LogP contribution in [-0.4, -0.2) is 5.75 Å². The molecule has 0 amide bonds. The molecule has 0 unspecified atom stereocenters. The molecule has 0 aliphatic carbocycles. The highest BCUT2D eigenvalue weighted by Crippen LogP contribution is 2.28. The molecule has 0 N–H and O–H groups in total. The zero-order valence-electron chi connectivity index (χ0n) is 9.36. The average molecular weight is 228 g/mol. The first-order chi connectivity index (χ1) is 7.92. The second kappa shape index (κ2) is 5.76. The van der Waals surface area contributed by atoms with Gasteiger partial charge in [-0.25, -0.2) is 0 Å². The zero-order chi connectivity index (χ0) is 11.2. The van der Waals surface area contributed by atoms with Crippen LogP contribution in [0.3, 0.4) is 0 Å². The molecule has 0 bridgehead atoms. The number of hydrogen-bond donors (Lipinski definition) is 0. The fraction of sp³-hybridized carbons (Fsp3) is 0.200. The molecule has 2 rings (SSSR count). The number of benzene rings is 2. The van der Waals surface area contributed by atoms with E-state index in [1.807, 2.05) is 17.8 Å². The molecule has 0 aliphatic rings. The third kappa shape index (κ3) is 2.67. The van der Waals surface area contributed by atoms with Crippen molar-refractivity contribution in [2.24, 2.45) is 0 Å². The molecule has 16 heavy (non-hydrogen) atoms. The van der Waals surface area contributed by atoms with Gasteiger partial charge in [-0.1, -0.05) is 42.5 Å². The van der Waals surface area contributed by atoms with Gasteiger partial charge in [-0.2, -0.15) is 0 Å². The summed E-state index contributed by atoms with van der Waals surface area (Å²) < 4.78 is 0. The first-order valence-corrected chi connectivity index (χ1v) is 6.62. The molecule has 0 radical (unpaired) electrons. The molecule has 1 heteroatoms. The third-order valence-corrected chi connectivity index (χ3v) is 3.72. The van der Waals surface area contributed by atoms with Crippen LogP contribution in [0.25, 0.3) is 10.8 Å². The van der Waals surface area contributed by atoms with E-state index in [1.165, 1.54) is 27.8 Å². The standard InChI is InChI=1S/C15H16S/c1-2-3-6-12-16-15-11-7-9-13-8-4-5-10-14(13)15/h2,4-5,7-11H,1,3,6,12H2. The van der Waals surface area contributed by atoms with E-state index >= 15 is 0 Å². The van der Waals surface area contributed by atoms with Crippen molar-refractivity contribution in [2.45, 2.75) is 17.7 Å². The van der Waals surface area contributed by atoms with Crippen molar-refractivity contribution in [3.05, 3.63) is 55.1 Å². The van der Waals surface area contributed by atoms with Gasteiger partial charge in [-0.3, -0.25) is 0 Å². The van der Waals surface area contributed by atoms with Crippen LogP contribution in [0, 0.1) is 0 Å². The predicted molar refractivity (Wildman–Crippen MR) is 74.1 cm³/mol. The van der Waals surface area contributed by atoms with Gasteiger partial charge in [0.25, 0.3) is 0 Å². The van der Waals surface area contributed by atoms with Gasteiger partial charge in [0.1, 0.15) is 0 Å². The van der Waals surface area contributed by atoms with E-state index in [-0.39, 0.29) is 0 Å². The number of unbranched alkanes of at least 4 members (excludes halogenated alkanes) is 1. The Kier molecular flexibility index (Phi) is 4.06. The minimum absolute atomic E-state index is 1.11. The molecule has 0 saturated carbocycles. The molecule has 0 aliphatic heterocycles. The molecular weight excluding hydrogens is 212 g/mol. The van der Waals surface area contributed by atoms with Crippen LogP contribution in [0.15, 0.2) is 60.0 Å². The van der Waals surface area contributed by atoms with Crippen molar-refractivity contribution in [1.29, 1.82) is 0 Å². The number of rotatable bonds is 5. The van der Waals surface area contributed by atoms with Crippen LogP contribution in [0.4, 0.5) is 0 Å². The lowest BCUT2D eigenvalue weighted by Crippen LogP contribution is -1.81. The van der Waals surface area contributed by atoms with E-state index in [9.17, 15) is 0 Å². The quantitative estimate of drug-likeness (QED) is 0.398. The topological polar surface area (TPSA) is 0 Å². The Labute approximate surface area is 101 Å². The Morgan fingerprint density at radius 2 is 1.88 bits per heavy atom. The van der Waals surface area contributed by atoms with E-state index in [4.69, 9.17) is 0 Å². The Morgan fingerprint density at radius 1 is 1.06 bits per heavy atom. The van der Waals surface area contributed by atoms with Gasteiger partial charge in [-0.15, -0.1) is 18.3 Å². The average Bonchev–Trinajstić information content (AvgIpc) is 2.35. The second-order valence-corrected chi connectivity index (χ2v) is 4.89. The highest BCUT2D eigenvalue weighted by atomic mass is 32.2. The lowest BCUT2D eigenvalue weighted by atomic mass is 10.1. The summed E-state index contributed by atoms with van der Waals surface area (Å²) in [6.45, 7) is 3.75. The molecule has 82 valence electrons. The smallest absolute Gasteiger partial charge is 0.0150 e. The highest BCUT2D eigenvalue weighted by Gasteiger charge is 1.99. The monoisotopic (exact) mass is 228 g/mol. The molecule has 0 nitrogen and oxygen atoms in total. The van der Waals surface area contributed by atoms with E-state index in [0.717, 1.165) is 6.42 Å². The summed E-state index contributed by atoms with van der Waals surface area (Å²) in [5, 5.41) is 2.70. The van der Waals surface area contributed by atoms with Crippen LogP contribution in [-0.2, 0) is 0 Å². The Hall–Kier alpha value is -1.21. The SMILES string of the molecule is C=CCCCSc1cccc2ccccc12. The van der Waals surface area contributed by atoms with Gasteiger partial charge < -0.3 is 0 Å². The molecule has 2 aromatic rings. The highest BCUT2D eigenvalue weighted by molar-refractivity contribution is 7.99. The van der Waals surface area contributed by atoms with Crippen molar-refractivity contribution < 1.29 is 0 Å². The maximum absolute atomic E-state index is 3.75. The van der Waals surface area contributed by atoms with E-state index in [0.29, 0.717) is 0 Å². The lowest BCUT2D eigenvalue weighted by Gasteiger charge is -2.05. The normalized spacial score (nSPS) is 10.5. The van der Waals surface area contributed by atoms with Gasteiger partial charge in [-0.05, 0) is 35.4 Å². The summed E-state index contributed by atoms with van der Waals surface area (Å²) >= 11 is 1.94. The summed E-state index contributed by atoms with van der Waals surface area (Å²) in [5.74, 6) is 1.17. The molecule has 0 heterocycles. The van der Waals surface area contributed by atoms with Gasteiger partial charge in [0.05, 0.1) is 0 Å². The van der Waals surface area contributed by atoms with Gasteiger partial charge >= 0.3 is 0 Å². The molecular formula is C15H16S. The fourth-order valence-corrected chi connectivity index (χ4v) is 2.78. The van der Waals surface area contributed by atoms with Crippen LogP contribution in [0.1, 0.15) is 12.8 Å². The predicted octanol–water partition coefficient (Wildman–Crippen LogP) is 4.90. The Balaban J connectivity index is 2.14. The zero-order valence-corrected chi connectivity index (χ0v) is 10.2. The summed E-state index contributed by atoms with van der Waals surface area (Å²) in [6, 6.07) is 15.1. The van der Waals surface area contributed by atoms with Crippen molar-refractivity contribution in [2.75, 3.05) is 5.75 Å². The Bertz CT molecular complexity index is 468. The molecule has 0 saturated heterocycles. The summed E-state index contributed by atoms with van der Waals surface area (Å²) in [5.41, 5.74) is 0. The Morgan fingerprint density at radius 3 is 2.75 bits per heavy atom. The number of thioether (sulfide) groups is 1. The first-order valence-electron chi connectivity index (χ1n) is 5.63. The minimum Gasteiger partial charge on any atom is -0.126 e. The molecule has 0 spiro atoms. The summed E-state index contributed by atoms with van der Waals surface area (Å²) in [7, 11) is 0. The third-order valence-electron chi connectivity index (χ3n) is 2.56. The molecule has 0 atom stereocenters. The second-order valence-electron chi connectivity index (χ2n) is 3.76. The van der Waals surface area contributed by atoms with Crippen molar-refractivity contribution in [1.82, 2.24) is 0 Å². The van der Waals surface area contributed by atoms with E-state index in [1.54, 1.807) is 0 Å². The molecule has 0 fully saturated rings. The number of hydrogen-bond acceptors (Lipinski definition) is 1. The van der Waals surface area contributed by atoms with Crippen molar-refractivity contribution in [3.63, 3.8) is 0 Å². The van der Waals surface area contributed by atoms with Crippen LogP contribution in [0.2, 0.25) is 0 Å². The molecule has 0 aromatic heterocycles. The van der Waals surface area contributed by atoms with Crippen LogP contribution in [0.5, 0.6) is 0 Å². The van der Waals surface area contributed by atoms with E-state index < -0.39 is 0 Å². The largest absolute Gasteiger partial charge is 0.126 e. The maximum Gasteiger partial charge on any atom is 0.0150 e. The summed E-state index contributed by atoms with van der Waals surface area (Å²) in [6.07, 6.45) is 4.30. The van der Waals surface area contributed by atoms with Gasteiger partial charge in [0, 0.05) is 4.90 Å². The fourth-order valence-electron chi connectivity index (χ4n) is 1.73. The van der Waals surface area contributed by atoms with Crippen LogP contribution < -0.4 is 0 Å². The molecule has 2 aromatic carbocycles. The van der Waals surface area contributed by atoms with E-state index in [2.05, 4.69) is 49.0 Å². The maximum atomic E-state index is 3.75. The van der Waals surface area contributed by atoms with Gasteiger partial charge in [0.2, 0.25) is 0 Å². The van der Waals surface area contributed by atoms with Crippen molar-refractivity contribution in [3.8, 4) is 0 Å².